The van der Waals surface area contributed by atoms with Crippen molar-refractivity contribution in [2.75, 3.05) is 7.11 Å². The molecule has 116 valence electrons. The number of benzene rings is 1. The molecular formula is C19H29NO. The van der Waals surface area contributed by atoms with Gasteiger partial charge in [-0.05, 0) is 35.8 Å². The predicted molar refractivity (Wildman–Crippen MR) is 87.6 cm³/mol. The number of hydrogen-bond acceptors (Lipinski definition) is 2. The van der Waals surface area contributed by atoms with Gasteiger partial charge in [-0.15, -0.1) is 0 Å². The molecule has 2 heteroatoms. The van der Waals surface area contributed by atoms with Crippen molar-refractivity contribution in [1.29, 1.82) is 0 Å². The molecule has 2 aliphatic carbocycles. The van der Waals surface area contributed by atoms with Crippen molar-refractivity contribution in [3.63, 3.8) is 0 Å². The highest BCUT2D eigenvalue weighted by molar-refractivity contribution is 5.38. The second-order valence-corrected chi connectivity index (χ2v) is 8.06. The van der Waals surface area contributed by atoms with Gasteiger partial charge in [0, 0.05) is 24.6 Å². The molecule has 3 atom stereocenters. The van der Waals surface area contributed by atoms with Crippen LogP contribution in [0.1, 0.15) is 64.1 Å². The van der Waals surface area contributed by atoms with E-state index in [-0.39, 0.29) is 5.41 Å². The third-order valence-corrected chi connectivity index (χ3v) is 5.99. The van der Waals surface area contributed by atoms with Crippen LogP contribution >= 0.6 is 0 Å². The SMILES string of the molecule is COC1CC(NC2CCC(C)(C)c3ccccc32)C1(C)C. The normalized spacial score (nSPS) is 33.1. The molecule has 3 unspecified atom stereocenters. The molecule has 1 aromatic carbocycles. The molecule has 1 N–H and O–H groups in total. The van der Waals surface area contributed by atoms with Crippen LogP contribution in [0.3, 0.4) is 0 Å². The number of ether oxygens (including phenoxy) is 1. The number of methoxy groups -OCH3 is 1. The van der Waals surface area contributed by atoms with Crippen LogP contribution in [0, 0.1) is 5.41 Å². The third kappa shape index (κ3) is 2.43. The molecule has 0 amide bonds. The van der Waals surface area contributed by atoms with Crippen LogP contribution in [0.4, 0.5) is 0 Å². The lowest BCUT2D eigenvalue weighted by Gasteiger charge is -2.53. The summed E-state index contributed by atoms with van der Waals surface area (Å²) in [4.78, 5) is 0. The van der Waals surface area contributed by atoms with Gasteiger partial charge in [-0.25, -0.2) is 0 Å². The van der Waals surface area contributed by atoms with E-state index in [0.29, 0.717) is 23.6 Å². The Hall–Kier alpha value is -0.860. The van der Waals surface area contributed by atoms with E-state index in [0.717, 1.165) is 6.42 Å². The van der Waals surface area contributed by atoms with Crippen LogP contribution in [-0.4, -0.2) is 19.3 Å². The molecule has 3 rings (SSSR count). The number of rotatable bonds is 3. The first kappa shape index (κ1) is 15.1. The maximum atomic E-state index is 5.58. The molecule has 0 saturated heterocycles. The summed E-state index contributed by atoms with van der Waals surface area (Å²) in [7, 11) is 1.83. The van der Waals surface area contributed by atoms with Gasteiger partial charge in [0.25, 0.3) is 0 Å². The summed E-state index contributed by atoms with van der Waals surface area (Å²) >= 11 is 0. The Morgan fingerprint density at radius 3 is 2.52 bits per heavy atom. The zero-order chi connectivity index (χ0) is 15.3. The van der Waals surface area contributed by atoms with Gasteiger partial charge in [-0.1, -0.05) is 52.0 Å². The van der Waals surface area contributed by atoms with E-state index in [1.807, 2.05) is 7.11 Å². The fraction of sp³-hybridized carbons (Fsp3) is 0.684. The lowest BCUT2D eigenvalue weighted by Crippen LogP contribution is -2.61. The van der Waals surface area contributed by atoms with Crippen LogP contribution in [0.25, 0.3) is 0 Å². The minimum Gasteiger partial charge on any atom is -0.381 e. The monoisotopic (exact) mass is 287 g/mol. The number of nitrogens with one attached hydrogen (secondary N) is 1. The summed E-state index contributed by atoms with van der Waals surface area (Å²) in [5.41, 5.74) is 3.56. The van der Waals surface area contributed by atoms with Gasteiger partial charge in [0.2, 0.25) is 0 Å². The maximum Gasteiger partial charge on any atom is 0.0652 e. The Morgan fingerprint density at radius 1 is 1.14 bits per heavy atom. The largest absolute Gasteiger partial charge is 0.381 e. The molecular weight excluding hydrogens is 258 g/mol. The van der Waals surface area contributed by atoms with Crippen molar-refractivity contribution in [2.45, 2.75) is 70.6 Å². The molecule has 0 aromatic heterocycles. The summed E-state index contributed by atoms with van der Waals surface area (Å²) in [6.45, 7) is 9.38. The zero-order valence-corrected chi connectivity index (χ0v) is 14.1. The highest BCUT2D eigenvalue weighted by Gasteiger charge is 2.49. The van der Waals surface area contributed by atoms with E-state index in [9.17, 15) is 0 Å². The minimum absolute atomic E-state index is 0.233. The fourth-order valence-electron chi connectivity index (χ4n) is 4.20. The van der Waals surface area contributed by atoms with Crippen LogP contribution in [0.2, 0.25) is 0 Å². The van der Waals surface area contributed by atoms with E-state index >= 15 is 0 Å². The van der Waals surface area contributed by atoms with Gasteiger partial charge < -0.3 is 10.1 Å². The van der Waals surface area contributed by atoms with Crippen LogP contribution in [0.5, 0.6) is 0 Å². The Bertz CT molecular complexity index is 520. The van der Waals surface area contributed by atoms with Crippen LogP contribution in [-0.2, 0) is 10.2 Å². The molecule has 2 aliphatic rings. The van der Waals surface area contributed by atoms with E-state index in [1.165, 1.54) is 24.0 Å². The van der Waals surface area contributed by atoms with Crippen molar-refractivity contribution in [3.05, 3.63) is 35.4 Å². The van der Waals surface area contributed by atoms with Crippen molar-refractivity contribution in [2.24, 2.45) is 5.41 Å². The Kier molecular flexibility index (Phi) is 3.66. The third-order valence-electron chi connectivity index (χ3n) is 5.99. The molecule has 0 bridgehead atoms. The van der Waals surface area contributed by atoms with E-state index < -0.39 is 0 Å². The summed E-state index contributed by atoms with van der Waals surface area (Å²) in [5.74, 6) is 0. The average Bonchev–Trinajstić information content (AvgIpc) is 2.45. The topological polar surface area (TPSA) is 21.3 Å². The smallest absolute Gasteiger partial charge is 0.0652 e. The Balaban J connectivity index is 1.79. The fourth-order valence-corrected chi connectivity index (χ4v) is 4.20. The summed E-state index contributed by atoms with van der Waals surface area (Å²) in [5, 5.41) is 3.92. The maximum absolute atomic E-state index is 5.58. The number of fused-ring (bicyclic) bond motifs is 1. The summed E-state index contributed by atoms with van der Waals surface area (Å²) in [6, 6.07) is 10.0. The average molecular weight is 287 g/mol. The number of hydrogen-bond donors (Lipinski definition) is 1. The quantitative estimate of drug-likeness (QED) is 0.899. The molecule has 0 spiro atoms. The lowest BCUT2D eigenvalue weighted by atomic mass is 9.63. The van der Waals surface area contributed by atoms with E-state index in [2.05, 4.69) is 57.3 Å². The van der Waals surface area contributed by atoms with Crippen LogP contribution < -0.4 is 5.32 Å². The van der Waals surface area contributed by atoms with Gasteiger partial charge in [0.1, 0.15) is 0 Å². The zero-order valence-electron chi connectivity index (χ0n) is 14.1. The first-order valence-electron chi connectivity index (χ1n) is 8.24. The van der Waals surface area contributed by atoms with Gasteiger partial charge in [-0.2, -0.15) is 0 Å². The molecule has 1 saturated carbocycles. The predicted octanol–water partition coefficient (Wildman–Crippen LogP) is 4.20. The molecule has 1 fully saturated rings. The standard InChI is InChI=1S/C19H29NO/c1-18(2)11-10-15(13-8-6-7-9-14(13)18)20-16-12-17(21-5)19(16,3)4/h6-9,15-17,20H,10-12H2,1-5H3. The molecule has 1 aromatic rings. The first-order chi connectivity index (χ1) is 9.86. The lowest BCUT2D eigenvalue weighted by molar-refractivity contribution is -0.101. The van der Waals surface area contributed by atoms with E-state index in [1.54, 1.807) is 0 Å². The molecule has 0 aliphatic heterocycles. The second-order valence-electron chi connectivity index (χ2n) is 8.06. The summed E-state index contributed by atoms with van der Waals surface area (Å²) < 4.78 is 5.58. The van der Waals surface area contributed by atoms with Gasteiger partial charge in [-0.3, -0.25) is 0 Å². The van der Waals surface area contributed by atoms with Crippen molar-refractivity contribution in [3.8, 4) is 0 Å². The highest BCUT2D eigenvalue weighted by Crippen LogP contribution is 2.46. The van der Waals surface area contributed by atoms with E-state index in [4.69, 9.17) is 4.74 Å². The molecule has 0 radical (unpaired) electrons. The summed E-state index contributed by atoms with van der Waals surface area (Å²) in [6.07, 6.45) is 4.01. The minimum atomic E-state index is 0.233. The highest BCUT2D eigenvalue weighted by atomic mass is 16.5. The van der Waals surface area contributed by atoms with Crippen molar-refractivity contribution >= 4 is 0 Å². The first-order valence-corrected chi connectivity index (χ1v) is 8.24. The van der Waals surface area contributed by atoms with Gasteiger partial charge >= 0.3 is 0 Å². The van der Waals surface area contributed by atoms with Crippen molar-refractivity contribution in [1.82, 2.24) is 5.32 Å². The Morgan fingerprint density at radius 2 is 1.86 bits per heavy atom. The van der Waals surface area contributed by atoms with Gasteiger partial charge in [0.05, 0.1) is 6.10 Å². The van der Waals surface area contributed by atoms with Crippen molar-refractivity contribution < 1.29 is 4.74 Å². The molecule has 21 heavy (non-hydrogen) atoms. The van der Waals surface area contributed by atoms with Gasteiger partial charge in [0.15, 0.2) is 0 Å². The molecule has 0 heterocycles. The second kappa shape index (κ2) is 5.10. The van der Waals surface area contributed by atoms with Crippen LogP contribution in [0.15, 0.2) is 24.3 Å². The molecule has 2 nitrogen and oxygen atoms in total. The Labute approximate surface area is 129 Å².